The molecule has 1 amide bonds. The number of rotatable bonds is 2. The topological polar surface area (TPSA) is 45.5 Å². The van der Waals surface area contributed by atoms with Crippen molar-refractivity contribution in [1.82, 2.24) is 10.2 Å². The number of carbonyl (C=O) groups is 1. The highest BCUT2D eigenvalue weighted by Crippen LogP contribution is 2.29. The van der Waals surface area contributed by atoms with Gasteiger partial charge in [-0.2, -0.15) is 0 Å². The Kier molecular flexibility index (Phi) is 3.44. The van der Waals surface area contributed by atoms with Crippen molar-refractivity contribution in [1.29, 1.82) is 0 Å². The van der Waals surface area contributed by atoms with Gasteiger partial charge in [-0.15, -0.1) is 0 Å². The summed E-state index contributed by atoms with van der Waals surface area (Å²) in [6.45, 7) is 3.69. The van der Waals surface area contributed by atoms with Gasteiger partial charge in [0.2, 0.25) is 0 Å². The van der Waals surface area contributed by atoms with E-state index in [1.807, 2.05) is 20.0 Å². The number of amides is 1. The van der Waals surface area contributed by atoms with Gasteiger partial charge in [0.25, 0.3) is 5.91 Å². The normalized spacial score (nSPS) is 18.6. The Labute approximate surface area is 122 Å². The first-order valence-electron chi connectivity index (χ1n) is 6.74. The minimum absolute atomic E-state index is 0.0662. The highest BCUT2D eigenvalue weighted by Gasteiger charge is 2.27. The summed E-state index contributed by atoms with van der Waals surface area (Å²) >= 11 is 6.00. The number of benzene rings is 1. The molecule has 1 aromatic heterocycles. The van der Waals surface area contributed by atoms with Crippen molar-refractivity contribution in [2.45, 2.75) is 19.4 Å². The molecule has 1 atom stereocenters. The van der Waals surface area contributed by atoms with Crippen LogP contribution in [0, 0.1) is 6.92 Å². The van der Waals surface area contributed by atoms with Crippen LogP contribution in [-0.2, 0) is 0 Å². The minimum Gasteiger partial charge on any atom is -0.451 e. The van der Waals surface area contributed by atoms with Crippen LogP contribution in [0.15, 0.2) is 22.6 Å². The molecule has 1 aliphatic rings. The first-order valence-corrected chi connectivity index (χ1v) is 7.12. The number of fused-ring (bicyclic) bond motifs is 1. The fourth-order valence-corrected chi connectivity index (χ4v) is 2.87. The molecule has 1 N–H and O–H groups in total. The van der Waals surface area contributed by atoms with E-state index in [1.165, 1.54) is 0 Å². The molecule has 0 aliphatic carbocycles. The maximum Gasteiger partial charge on any atom is 0.289 e. The number of halogens is 1. The van der Waals surface area contributed by atoms with Crippen LogP contribution in [0.25, 0.3) is 11.0 Å². The van der Waals surface area contributed by atoms with Crippen LogP contribution in [0.3, 0.4) is 0 Å². The van der Waals surface area contributed by atoms with Gasteiger partial charge in [-0.25, -0.2) is 0 Å². The first kappa shape index (κ1) is 13.5. The molecule has 1 saturated heterocycles. The van der Waals surface area contributed by atoms with Crippen molar-refractivity contribution in [2.75, 3.05) is 20.1 Å². The molecule has 106 valence electrons. The average Bonchev–Trinajstić information content (AvgIpc) is 3.06. The van der Waals surface area contributed by atoms with Crippen LogP contribution in [0.4, 0.5) is 0 Å². The predicted octanol–water partition coefficient (Wildman–Crippen LogP) is 2.83. The third-order valence-corrected chi connectivity index (χ3v) is 4.23. The van der Waals surface area contributed by atoms with Crippen molar-refractivity contribution in [2.24, 2.45) is 0 Å². The summed E-state index contributed by atoms with van der Waals surface area (Å²) < 4.78 is 5.73. The molecule has 1 unspecified atom stereocenters. The highest BCUT2D eigenvalue weighted by molar-refractivity contribution is 6.31. The second kappa shape index (κ2) is 5.11. The van der Waals surface area contributed by atoms with Gasteiger partial charge in [0.1, 0.15) is 5.58 Å². The quantitative estimate of drug-likeness (QED) is 0.926. The number of furan rings is 1. The summed E-state index contributed by atoms with van der Waals surface area (Å²) in [7, 11) is 1.83. The van der Waals surface area contributed by atoms with E-state index in [0.29, 0.717) is 16.4 Å². The number of nitrogens with zero attached hydrogens (tertiary/aromatic N) is 1. The van der Waals surface area contributed by atoms with E-state index in [9.17, 15) is 4.79 Å². The molecule has 0 bridgehead atoms. The maximum atomic E-state index is 12.6. The van der Waals surface area contributed by atoms with Crippen LogP contribution in [0.5, 0.6) is 0 Å². The van der Waals surface area contributed by atoms with Gasteiger partial charge in [-0.1, -0.05) is 11.6 Å². The smallest absolute Gasteiger partial charge is 0.289 e. The average molecular weight is 293 g/mol. The molecule has 1 aliphatic heterocycles. The van der Waals surface area contributed by atoms with Crippen molar-refractivity contribution >= 4 is 28.5 Å². The van der Waals surface area contributed by atoms with E-state index in [2.05, 4.69) is 5.32 Å². The lowest BCUT2D eigenvalue weighted by molar-refractivity contribution is 0.0713. The molecule has 0 radical (unpaired) electrons. The fraction of sp³-hybridized carbons (Fsp3) is 0.400. The van der Waals surface area contributed by atoms with E-state index in [0.717, 1.165) is 30.5 Å². The van der Waals surface area contributed by atoms with Crippen molar-refractivity contribution in [3.05, 3.63) is 34.5 Å². The maximum absolute atomic E-state index is 12.6. The van der Waals surface area contributed by atoms with Gasteiger partial charge >= 0.3 is 0 Å². The Morgan fingerprint density at radius 3 is 3.00 bits per heavy atom. The van der Waals surface area contributed by atoms with E-state index in [4.69, 9.17) is 16.0 Å². The summed E-state index contributed by atoms with van der Waals surface area (Å²) in [6, 6.07) is 5.65. The molecule has 5 heteroatoms. The van der Waals surface area contributed by atoms with E-state index < -0.39 is 0 Å². The number of likely N-dealkylation sites (N-methyl/N-ethyl adjacent to an activating group) is 1. The van der Waals surface area contributed by atoms with Gasteiger partial charge < -0.3 is 14.6 Å². The Hall–Kier alpha value is -1.52. The number of nitrogens with one attached hydrogen (secondary N) is 1. The van der Waals surface area contributed by atoms with E-state index >= 15 is 0 Å². The van der Waals surface area contributed by atoms with Crippen molar-refractivity contribution in [3.63, 3.8) is 0 Å². The summed E-state index contributed by atoms with van der Waals surface area (Å²) in [4.78, 5) is 14.3. The van der Waals surface area contributed by atoms with E-state index in [-0.39, 0.29) is 11.9 Å². The van der Waals surface area contributed by atoms with E-state index in [1.54, 1.807) is 17.0 Å². The third kappa shape index (κ3) is 2.19. The largest absolute Gasteiger partial charge is 0.451 e. The predicted molar refractivity (Wildman–Crippen MR) is 79.3 cm³/mol. The number of hydrogen-bond donors (Lipinski definition) is 1. The van der Waals surface area contributed by atoms with Gasteiger partial charge in [0.05, 0.1) is 0 Å². The van der Waals surface area contributed by atoms with Crippen molar-refractivity contribution < 1.29 is 9.21 Å². The zero-order valence-electron chi connectivity index (χ0n) is 11.6. The minimum atomic E-state index is -0.0662. The number of aryl methyl sites for hydroxylation is 1. The molecule has 1 fully saturated rings. The van der Waals surface area contributed by atoms with Crippen LogP contribution in [0.2, 0.25) is 5.02 Å². The SMILES string of the molecule is Cc1c(C(=O)N(C)C2CCNC2)oc2ccc(Cl)cc12. The molecule has 3 rings (SSSR count). The van der Waals surface area contributed by atoms with Crippen LogP contribution >= 0.6 is 11.6 Å². The second-order valence-electron chi connectivity index (χ2n) is 5.26. The molecule has 0 saturated carbocycles. The summed E-state index contributed by atoms with van der Waals surface area (Å²) in [5.41, 5.74) is 1.55. The summed E-state index contributed by atoms with van der Waals surface area (Å²) in [5, 5.41) is 4.81. The molecule has 4 nitrogen and oxygen atoms in total. The van der Waals surface area contributed by atoms with Crippen LogP contribution in [-0.4, -0.2) is 37.0 Å². The monoisotopic (exact) mass is 292 g/mol. The third-order valence-electron chi connectivity index (χ3n) is 3.99. The standard InChI is InChI=1S/C15H17ClN2O2/c1-9-12-7-10(16)3-4-13(12)20-14(9)15(19)18(2)11-5-6-17-8-11/h3-4,7,11,17H,5-6,8H2,1-2H3. The Balaban J connectivity index is 1.96. The zero-order chi connectivity index (χ0) is 14.3. The Bertz CT molecular complexity index is 659. The highest BCUT2D eigenvalue weighted by atomic mass is 35.5. The van der Waals surface area contributed by atoms with Gasteiger partial charge in [0, 0.05) is 35.6 Å². The summed E-state index contributed by atoms with van der Waals surface area (Å²) in [6.07, 6.45) is 0.980. The van der Waals surface area contributed by atoms with Gasteiger partial charge in [0.15, 0.2) is 5.76 Å². The lowest BCUT2D eigenvalue weighted by atomic mass is 10.1. The second-order valence-corrected chi connectivity index (χ2v) is 5.70. The fourth-order valence-electron chi connectivity index (χ4n) is 2.69. The van der Waals surface area contributed by atoms with Gasteiger partial charge in [-0.05, 0) is 38.1 Å². The van der Waals surface area contributed by atoms with Crippen LogP contribution < -0.4 is 5.32 Å². The Morgan fingerprint density at radius 2 is 2.30 bits per heavy atom. The molecular formula is C15H17ClN2O2. The van der Waals surface area contributed by atoms with Crippen molar-refractivity contribution in [3.8, 4) is 0 Å². The number of hydrogen-bond acceptors (Lipinski definition) is 3. The zero-order valence-corrected chi connectivity index (χ0v) is 12.3. The lowest BCUT2D eigenvalue weighted by Gasteiger charge is -2.22. The van der Waals surface area contributed by atoms with Crippen LogP contribution in [0.1, 0.15) is 22.5 Å². The number of carbonyl (C=O) groups excluding carboxylic acids is 1. The molecule has 2 heterocycles. The molecule has 0 spiro atoms. The lowest BCUT2D eigenvalue weighted by Crippen LogP contribution is -2.38. The van der Waals surface area contributed by atoms with Gasteiger partial charge in [-0.3, -0.25) is 4.79 Å². The summed E-state index contributed by atoms with van der Waals surface area (Å²) in [5.74, 6) is 0.347. The Morgan fingerprint density at radius 1 is 1.50 bits per heavy atom. The molecular weight excluding hydrogens is 276 g/mol. The molecule has 20 heavy (non-hydrogen) atoms. The first-order chi connectivity index (χ1) is 9.58. The molecule has 1 aromatic carbocycles. The molecule has 2 aromatic rings.